The van der Waals surface area contributed by atoms with E-state index in [0.717, 1.165) is 12.8 Å². The SMILES string of the molecule is CCCCCCCCCCCCCC(=O)[O-].[Pb+2]. The Morgan fingerprint density at radius 2 is 1.12 bits per heavy atom. The molecule has 0 saturated heterocycles. The molecule has 0 aromatic heterocycles. The molecular formula is C14H27O2Pb+. The summed E-state index contributed by atoms with van der Waals surface area (Å²) in [6.45, 7) is 2.24. The molecule has 0 aliphatic heterocycles. The fraction of sp³-hybridized carbons (Fsp3) is 0.929. The number of hydrogen-bond acceptors (Lipinski definition) is 2. The first kappa shape index (κ1) is 19.7. The van der Waals surface area contributed by atoms with Gasteiger partial charge in [0.05, 0.1) is 0 Å². The van der Waals surface area contributed by atoms with E-state index in [2.05, 4.69) is 6.92 Å². The maximum absolute atomic E-state index is 10.1. The van der Waals surface area contributed by atoms with Crippen molar-refractivity contribution < 1.29 is 9.90 Å². The van der Waals surface area contributed by atoms with E-state index in [9.17, 15) is 9.90 Å². The summed E-state index contributed by atoms with van der Waals surface area (Å²) in [5, 5.41) is 10.1. The minimum Gasteiger partial charge on any atom is -0.550 e. The molecule has 3 heteroatoms. The number of carbonyl (C=O) groups is 1. The molecule has 0 atom stereocenters. The van der Waals surface area contributed by atoms with Gasteiger partial charge in [-0.25, -0.2) is 0 Å². The van der Waals surface area contributed by atoms with Gasteiger partial charge in [0.25, 0.3) is 0 Å². The minimum absolute atomic E-state index is 0. The third-order valence-corrected chi connectivity index (χ3v) is 2.98. The predicted octanol–water partition coefficient (Wildman–Crippen LogP) is 3.06. The van der Waals surface area contributed by atoms with Crippen molar-refractivity contribution in [2.45, 2.75) is 84.0 Å². The number of carbonyl (C=O) groups excluding carboxylic acids is 1. The topological polar surface area (TPSA) is 40.1 Å². The number of hydrogen-bond donors (Lipinski definition) is 0. The van der Waals surface area contributed by atoms with Crippen molar-refractivity contribution in [3.63, 3.8) is 0 Å². The van der Waals surface area contributed by atoms with E-state index < -0.39 is 5.97 Å². The van der Waals surface area contributed by atoms with E-state index in [0.29, 0.717) is 0 Å². The molecule has 0 bridgehead atoms. The molecule has 0 spiro atoms. The second-order valence-electron chi connectivity index (χ2n) is 4.66. The summed E-state index contributed by atoms with van der Waals surface area (Å²) in [6.07, 6.45) is 14.0. The van der Waals surface area contributed by atoms with E-state index in [4.69, 9.17) is 0 Å². The van der Waals surface area contributed by atoms with Crippen LogP contribution in [0.2, 0.25) is 0 Å². The van der Waals surface area contributed by atoms with Crippen LogP contribution in [0.5, 0.6) is 0 Å². The summed E-state index contributed by atoms with van der Waals surface area (Å²) in [5.74, 6) is -0.907. The second kappa shape index (κ2) is 16.4. The average Bonchev–Trinajstić information content (AvgIpc) is 2.25. The van der Waals surface area contributed by atoms with Crippen LogP contribution >= 0.6 is 0 Å². The van der Waals surface area contributed by atoms with Crippen LogP contribution in [-0.2, 0) is 4.79 Å². The van der Waals surface area contributed by atoms with Crippen LogP contribution in [0, 0.1) is 0 Å². The van der Waals surface area contributed by atoms with Crippen LogP contribution in [0.3, 0.4) is 0 Å². The average molecular weight is 435 g/mol. The Balaban J connectivity index is 0. The third kappa shape index (κ3) is 18.9. The molecule has 0 aliphatic carbocycles. The summed E-state index contributed by atoms with van der Waals surface area (Å²) in [7, 11) is 0. The van der Waals surface area contributed by atoms with E-state index in [-0.39, 0.29) is 33.7 Å². The summed E-state index contributed by atoms with van der Waals surface area (Å²) >= 11 is 0. The van der Waals surface area contributed by atoms with Crippen molar-refractivity contribution in [2.24, 2.45) is 0 Å². The Hall–Kier alpha value is 0.392. The van der Waals surface area contributed by atoms with Crippen LogP contribution in [-0.4, -0.2) is 33.3 Å². The van der Waals surface area contributed by atoms with Crippen LogP contribution < -0.4 is 5.11 Å². The van der Waals surface area contributed by atoms with Gasteiger partial charge in [-0.3, -0.25) is 0 Å². The number of carboxylic acid groups (broad SMARTS) is 1. The van der Waals surface area contributed by atoms with Crippen LogP contribution in [0.4, 0.5) is 0 Å². The van der Waals surface area contributed by atoms with Gasteiger partial charge in [0.2, 0.25) is 0 Å². The van der Waals surface area contributed by atoms with Crippen LogP contribution in [0.1, 0.15) is 84.0 Å². The van der Waals surface area contributed by atoms with Gasteiger partial charge in [0.1, 0.15) is 0 Å². The Labute approximate surface area is 127 Å². The van der Waals surface area contributed by atoms with Gasteiger partial charge in [0, 0.05) is 5.97 Å². The van der Waals surface area contributed by atoms with Gasteiger partial charge in [-0.2, -0.15) is 0 Å². The number of rotatable bonds is 12. The van der Waals surface area contributed by atoms with E-state index >= 15 is 0 Å². The molecule has 0 rings (SSSR count). The van der Waals surface area contributed by atoms with Crippen molar-refractivity contribution in [3.05, 3.63) is 0 Å². The summed E-state index contributed by atoms with van der Waals surface area (Å²) in [6, 6.07) is 0. The smallest absolute Gasteiger partial charge is 0.550 e. The van der Waals surface area contributed by atoms with Crippen molar-refractivity contribution in [3.8, 4) is 0 Å². The first-order valence-corrected chi connectivity index (χ1v) is 6.97. The molecule has 0 saturated carbocycles. The van der Waals surface area contributed by atoms with Crippen molar-refractivity contribution >= 4 is 33.3 Å². The van der Waals surface area contributed by atoms with Gasteiger partial charge >= 0.3 is 27.3 Å². The van der Waals surface area contributed by atoms with E-state index in [1.165, 1.54) is 57.8 Å². The number of aliphatic carboxylic acids is 1. The molecule has 17 heavy (non-hydrogen) atoms. The fourth-order valence-electron chi connectivity index (χ4n) is 1.93. The van der Waals surface area contributed by atoms with Gasteiger partial charge < -0.3 is 9.90 Å². The molecule has 0 fully saturated rings. The molecule has 0 unspecified atom stereocenters. The molecule has 2 nitrogen and oxygen atoms in total. The number of carboxylic acids is 1. The second-order valence-corrected chi connectivity index (χ2v) is 4.66. The molecule has 2 radical (unpaired) electrons. The quantitative estimate of drug-likeness (QED) is 0.350. The molecule has 0 heterocycles. The van der Waals surface area contributed by atoms with Gasteiger partial charge in [-0.05, 0) is 12.8 Å². The molecular weight excluding hydrogens is 407 g/mol. The zero-order valence-electron chi connectivity index (χ0n) is 11.3. The molecule has 0 amide bonds. The van der Waals surface area contributed by atoms with Crippen LogP contribution in [0.15, 0.2) is 0 Å². The first-order chi connectivity index (χ1) is 7.77. The Kier molecular flexibility index (Phi) is 19.0. The Morgan fingerprint density at radius 1 is 0.765 bits per heavy atom. The standard InChI is InChI=1S/C14H28O2.Pb/c1-2-3-4-5-6-7-8-9-10-11-12-13-14(15)16;/h2-13H2,1H3,(H,15,16);/q;+2/p-1. The fourth-order valence-corrected chi connectivity index (χ4v) is 1.93. The van der Waals surface area contributed by atoms with E-state index in [1.54, 1.807) is 0 Å². The molecule has 0 aromatic carbocycles. The normalized spacial score (nSPS) is 9.94. The van der Waals surface area contributed by atoms with Gasteiger partial charge in [0.15, 0.2) is 0 Å². The Bertz CT molecular complexity index is 160. The number of unbranched alkanes of at least 4 members (excludes halogenated alkanes) is 10. The molecule has 98 valence electrons. The third-order valence-electron chi connectivity index (χ3n) is 2.98. The molecule has 0 aliphatic rings. The maximum atomic E-state index is 10.1. The largest absolute Gasteiger partial charge is 2.00 e. The maximum Gasteiger partial charge on any atom is 2.00 e. The minimum atomic E-state index is -0.907. The molecule has 0 N–H and O–H groups in total. The van der Waals surface area contributed by atoms with E-state index in [1.807, 2.05) is 0 Å². The predicted molar refractivity (Wildman–Crippen MR) is 71.8 cm³/mol. The summed E-state index contributed by atoms with van der Waals surface area (Å²) in [5.41, 5.74) is 0. The summed E-state index contributed by atoms with van der Waals surface area (Å²) in [4.78, 5) is 10.1. The first-order valence-electron chi connectivity index (χ1n) is 6.97. The zero-order valence-corrected chi connectivity index (χ0v) is 15.2. The summed E-state index contributed by atoms with van der Waals surface area (Å²) < 4.78 is 0. The Morgan fingerprint density at radius 3 is 1.47 bits per heavy atom. The van der Waals surface area contributed by atoms with Gasteiger partial charge in [-0.1, -0.05) is 71.1 Å². The zero-order chi connectivity index (χ0) is 12.1. The van der Waals surface area contributed by atoms with Gasteiger partial charge in [-0.15, -0.1) is 0 Å². The molecule has 0 aromatic rings. The van der Waals surface area contributed by atoms with Crippen LogP contribution in [0.25, 0.3) is 0 Å². The monoisotopic (exact) mass is 435 g/mol. The van der Waals surface area contributed by atoms with Crippen molar-refractivity contribution in [1.29, 1.82) is 0 Å². The van der Waals surface area contributed by atoms with Crippen molar-refractivity contribution in [1.82, 2.24) is 0 Å². The van der Waals surface area contributed by atoms with Crippen molar-refractivity contribution in [2.75, 3.05) is 0 Å².